The second kappa shape index (κ2) is 8.56. The maximum atomic E-state index is 12.5. The largest absolute Gasteiger partial charge is 0.465 e. The van der Waals surface area contributed by atoms with Gasteiger partial charge in [-0.15, -0.1) is 0 Å². The molecule has 0 aromatic heterocycles. The minimum atomic E-state index is -0.365. The van der Waals surface area contributed by atoms with E-state index in [4.69, 9.17) is 4.74 Å². The zero-order valence-electron chi connectivity index (χ0n) is 16.0. The lowest BCUT2D eigenvalue weighted by molar-refractivity contribution is 0.0600. The number of nitrogens with one attached hydrogen (secondary N) is 1. The summed E-state index contributed by atoms with van der Waals surface area (Å²) in [4.78, 5) is 39.4. The SMILES string of the molecule is COC(=O)c1cccc(N2CCN(C(=O)Nc3ccc(C(C)=O)cc3)CC2)c1. The number of anilines is 2. The van der Waals surface area contributed by atoms with Gasteiger partial charge in [0.2, 0.25) is 0 Å². The van der Waals surface area contributed by atoms with Crippen LogP contribution in [0.15, 0.2) is 48.5 Å². The predicted octanol–water partition coefficient (Wildman–Crippen LogP) is 3.03. The Labute approximate surface area is 163 Å². The lowest BCUT2D eigenvalue weighted by atomic mass is 10.1. The molecule has 0 radical (unpaired) electrons. The predicted molar refractivity (Wildman–Crippen MR) is 107 cm³/mol. The molecule has 1 saturated heterocycles. The number of Topliss-reactive ketones (excluding diaryl/α,β-unsaturated/α-hetero) is 1. The molecule has 3 rings (SSSR count). The molecule has 0 bridgehead atoms. The molecular formula is C21H23N3O4. The van der Waals surface area contributed by atoms with Gasteiger partial charge in [0.25, 0.3) is 0 Å². The third kappa shape index (κ3) is 4.49. The number of benzene rings is 2. The first kappa shape index (κ1) is 19.4. The number of urea groups is 1. The van der Waals surface area contributed by atoms with Crippen molar-refractivity contribution in [3.63, 3.8) is 0 Å². The van der Waals surface area contributed by atoms with Crippen LogP contribution in [0.4, 0.5) is 16.2 Å². The van der Waals surface area contributed by atoms with Crippen molar-refractivity contribution in [1.29, 1.82) is 0 Å². The van der Waals surface area contributed by atoms with E-state index in [1.807, 2.05) is 12.1 Å². The summed E-state index contributed by atoms with van der Waals surface area (Å²) >= 11 is 0. The highest BCUT2D eigenvalue weighted by molar-refractivity contribution is 5.95. The van der Waals surface area contributed by atoms with Gasteiger partial charge in [0.05, 0.1) is 12.7 Å². The molecule has 0 aliphatic carbocycles. The molecule has 7 nitrogen and oxygen atoms in total. The summed E-state index contributed by atoms with van der Waals surface area (Å²) in [5.41, 5.74) is 2.71. The van der Waals surface area contributed by atoms with E-state index >= 15 is 0 Å². The first-order valence-corrected chi connectivity index (χ1v) is 9.08. The lowest BCUT2D eigenvalue weighted by Crippen LogP contribution is -2.50. The number of amides is 2. The van der Waals surface area contributed by atoms with Crippen LogP contribution >= 0.6 is 0 Å². The van der Waals surface area contributed by atoms with Gasteiger partial charge in [-0.3, -0.25) is 4.79 Å². The highest BCUT2D eigenvalue weighted by Crippen LogP contribution is 2.19. The number of hydrogen-bond donors (Lipinski definition) is 1. The molecule has 0 atom stereocenters. The summed E-state index contributed by atoms with van der Waals surface area (Å²) in [5.74, 6) is -0.374. The van der Waals surface area contributed by atoms with E-state index in [0.29, 0.717) is 43.0 Å². The Balaban J connectivity index is 1.57. The Hall–Kier alpha value is -3.35. The highest BCUT2D eigenvalue weighted by atomic mass is 16.5. The fraction of sp³-hybridized carbons (Fsp3) is 0.286. The third-order valence-electron chi connectivity index (χ3n) is 4.74. The second-order valence-corrected chi connectivity index (χ2v) is 6.58. The van der Waals surface area contributed by atoms with Crippen LogP contribution in [0.25, 0.3) is 0 Å². The van der Waals surface area contributed by atoms with Gasteiger partial charge in [0.15, 0.2) is 5.78 Å². The monoisotopic (exact) mass is 381 g/mol. The van der Waals surface area contributed by atoms with Gasteiger partial charge < -0.3 is 19.9 Å². The van der Waals surface area contributed by atoms with Crippen molar-refractivity contribution in [1.82, 2.24) is 4.90 Å². The first-order chi connectivity index (χ1) is 13.5. The molecule has 1 heterocycles. The van der Waals surface area contributed by atoms with Gasteiger partial charge in [-0.05, 0) is 49.4 Å². The van der Waals surface area contributed by atoms with Crippen LogP contribution in [0.1, 0.15) is 27.6 Å². The normalized spacial score (nSPS) is 13.8. The molecular weight excluding hydrogens is 358 g/mol. The molecule has 1 fully saturated rings. The minimum Gasteiger partial charge on any atom is -0.465 e. The summed E-state index contributed by atoms with van der Waals surface area (Å²) in [6, 6.07) is 14.0. The summed E-state index contributed by atoms with van der Waals surface area (Å²) in [6.45, 7) is 3.98. The molecule has 1 aliphatic rings. The molecule has 2 aromatic rings. The van der Waals surface area contributed by atoms with Crippen molar-refractivity contribution in [2.75, 3.05) is 43.5 Å². The van der Waals surface area contributed by atoms with Crippen molar-refractivity contribution in [3.8, 4) is 0 Å². The number of ketones is 1. The van der Waals surface area contributed by atoms with Crippen molar-refractivity contribution in [2.45, 2.75) is 6.92 Å². The number of carbonyl (C=O) groups is 3. The summed E-state index contributed by atoms with van der Waals surface area (Å²) in [6.07, 6.45) is 0. The van der Waals surface area contributed by atoms with E-state index < -0.39 is 0 Å². The Morgan fingerprint density at radius 3 is 2.21 bits per heavy atom. The molecule has 28 heavy (non-hydrogen) atoms. The van der Waals surface area contributed by atoms with E-state index in [2.05, 4.69) is 10.2 Å². The van der Waals surface area contributed by atoms with Gasteiger partial charge in [0, 0.05) is 43.1 Å². The van der Waals surface area contributed by atoms with Crippen LogP contribution in [-0.4, -0.2) is 56.0 Å². The Kier molecular flexibility index (Phi) is 5.93. The molecule has 7 heteroatoms. The van der Waals surface area contributed by atoms with Crippen LogP contribution < -0.4 is 10.2 Å². The number of nitrogens with zero attached hydrogens (tertiary/aromatic N) is 2. The summed E-state index contributed by atoms with van der Waals surface area (Å²) in [7, 11) is 1.36. The average molecular weight is 381 g/mol. The summed E-state index contributed by atoms with van der Waals surface area (Å²) in [5, 5.41) is 2.86. The zero-order valence-corrected chi connectivity index (χ0v) is 16.0. The molecule has 2 aromatic carbocycles. The van der Waals surface area contributed by atoms with Gasteiger partial charge in [-0.2, -0.15) is 0 Å². The number of esters is 1. The van der Waals surface area contributed by atoms with Crippen molar-refractivity contribution >= 4 is 29.2 Å². The van der Waals surface area contributed by atoms with Crippen LogP contribution in [0.3, 0.4) is 0 Å². The topological polar surface area (TPSA) is 79.0 Å². The zero-order chi connectivity index (χ0) is 20.1. The number of rotatable bonds is 4. The molecule has 0 spiro atoms. The molecule has 146 valence electrons. The summed E-state index contributed by atoms with van der Waals surface area (Å²) < 4.78 is 4.77. The van der Waals surface area contributed by atoms with Crippen molar-refractivity contribution in [3.05, 3.63) is 59.7 Å². The van der Waals surface area contributed by atoms with Gasteiger partial charge >= 0.3 is 12.0 Å². The van der Waals surface area contributed by atoms with Crippen LogP contribution in [0.2, 0.25) is 0 Å². The molecule has 2 amide bonds. The maximum absolute atomic E-state index is 12.5. The van der Waals surface area contributed by atoms with Crippen LogP contribution in [0.5, 0.6) is 0 Å². The third-order valence-corrected chi connectivity index (χ3v) is 4.74. The lowest BCUT2D eigenvalue weighted by Gasteiger charge is -2.36. The average Bonchev–Trinajstić information content (AvgIpc) is 2.73. The molecule has 0 unspecified atom stereocenters. The highest BCUT2D eigenvalue weighted by Gasteiger charge is 2.22. The van der Waals surface area contributed by atoms with Crippen LogP contribution in [-0.2, 0) is 4.74 Å². The Bertz CT molecular complexity index is 871. The molecule has 1 N–H and O–H groups in total. The van der Waals surface area contributed by atoms with E-state index in [1.54, 1.807) is 41.3 Å². The smallest absolute Gasteiger partial charge is 0.337 e. The number of ether oxygens (including phenoxy) is 1. The molecule has 0 saturated carbocycles. The number of piperazine rings is 1. The first-order valence-electron chi connectivity index (χ1n) is 9.08. The minimum absolute atomic E-state index is 0.00901. The fourth-order valence-corrected chi connectivity index (χ4v) is 3.11. The van der Waals surface area contributed by atoms with E-state index in [0.717, 1.165) is 5.69 Å². The Morgan fingerprint density at radius 2 is 1.61 bits per heavy atom. The Morgan fingerprint density at radius 1 is 0.929 bits per heavy atom. The maximum Gasteiger partial charge on any atom is 0.337 e. The van der Waals surface area contributed by atoms with Gasteiger partial charge in [0.1, 0.15) is 0 Å². The van der Waals surface area contributed by atoms with Crippen molar-refractivity contribution in [2.24, 2.45) is 0 Å². The quantitative estimate of drug-likeness (QED) is 0.651. The van der Waals surface area contributed by atoms with Gasteiger partial charge in [-0.25, -0.2) is 9.59 Å². The second-order valence-electron chi connectivity index (χ2n) is 6.58. The van der Waals surface area contributed by atoms with E-state index in [9.17, 15) is 14.4 Å². The molecule has 1 aliphatic heterocycles. The van der Waals surface area contributed by atoms with E-state index in [-0.39, 0.29) is 17.8 Å². The number of methoxy groups -OCH3 is 1. The number of hydrogen-bond acceptors (Lipinski definition) is 5. The van der Waals surface area contributed by atoms with Crippen molar-refractivity contribution < 1.29 is 19.1 Å². The fourth-order valence-electron chi connectivity index (χ4n) is 3.11. The van der Waals surface area contributed by atoms with E-state index in [1.165, 1.54) is 14.0 Å². The number of carbonyl (C=O) groups excluding carboxylic acids is 3. The standard InChI is InChI=1S/C21H23N3O4/c1-15(25)16-6-8-18(9-7-16)22-21(27)24-12-10-23(11-13-24)19-5-3-4-17(14-19)20(26)28-2/h3-9,14H,10-13H2,1-2H3,(H,22,27). The van der Waals surface area contributed by atoms with Gasteiger partial charge in [-0.1, -0.05) is 6.07 Å². The van der Waals surface area contributed by atoms with Crippen LogP contribution in [0, 0.1) is 0 Å².